The van der Waals surface area contributed by atoms with Crippen molar-refractivity contribution in [3.8, 4) is 11.5 Å². The number of rotatable bonds is 7. The third kappa shape index (κ3) is 4.40. The van der Waals surface area contributed by atoms with E-state index in [-0.39, 0.29) is 24.3 Å². The van der Waals surface area contributed by atoms with Crippen molar-refractivity contribution in [2.45, 2.75) is 19.4 Å². The van der Waals surface area contributed by atoms with Crippen molar-refractivity contribution in [3.05, 3.63) is 75.5 Å². The van der Waals surface area contributed by atoms with E-state index in [0.29, 0.717) is 22.7 Å². The second kappa shape index (κ2) is 9.54. The highest BCUT2D eigenvalue weighted by Crippen LogP contribution is 2.42. The normalized spacial score (nSPS) is 15.7. The number of para-hydroxylation sites is 1. The Morgan fingerprint density at radius 1 is 1.09 bits per heavy atom. The number of thiophene rings is 1. The maximum Gasteiger partial charge on any atom is 0.238 e. The highest BCUT2D eigenvalue weighted by Gasteiger charge is 2.32. The summed E-state index contributed by atoms with van der Waals surface area (Å²) in [5.74, 6) is 1.16. The van der Waals surface area contributed by atoms with Crippen LogP contribution in [0.4, 0.5) is 5.69 Å². The number of benzene rings is 2. The Bertz CT molecular complexity index is 1130. The third-order valence-electron chi connectivity index (χ3n) is 5.71. The molecule has 3 aromatic rings. The summed E-state index contributed by atoms with van der Waals surface area (Å²) in [6.07, 6.45) is 0.800. The van der Waals surface area contributed by atoms with E-state index < -0.39 is 0 Å². The molecular formula is C25H26N2O4S. The lowest BCUT2D eigenvalue weighted by molar-refractivity contribution is -0.117. The van der Waals surface area contributed by atoms with E-state index in [2.05, 4.69) is 16.3 Å². The van der Waals surface area contributed by atoms with Crippen molar-refractivity contribution in [1.29, 1.82) is 0 Å². The fourth-order valence-electron chi connectivity index (χ4n) is 4.22. The highest BCUT2D eigenvalue weighted by atomic mass is 32.1. The Kier molecular flexibility index (Phi) is 6.58. The quantitative estimate of drug-likeness (QED) is 0.535. The Hall–Kier alpha value is -3.16. The average molecular weight is 451 g/mol. The van der Waals surface area contributed by atoms with E-state index in [1.165, 1.54) is 12.5 Å². The maximum absolute atomic E-state index is 13.0. The summed E-state index contributed by atoms with van der Waals surface area (Å²) in [7, 11) is 3.27. The zero-order valence-corrected chi connectivity index (χ0v) is 19.2. The Morgan fingerprint density at radius 2 is 1.84 bits per heavy atom. The van der Waals surface area contributed by atoms with Gasteiger partial charge in [-0.05, 0) is 60.2 Å². The fourth-order valence-corrected chi connectivity index (χ4v) is 5.10. The summed E-state index contributed by atoms with van der Waals surface area (Å²) in [6.45, 7) is 2.44. The lowest BCUT2D eigenvalue weighted by Gasteiger charge is -2.37. The molecule has 1 N–H and O–H groups in total. The predicted molar refractivity (Wildman–Crippen MR) is 126 cm³/mol. The van der Waals surface area contributed by atoms with Crippen LogP contribution in [0.15, 0.2) is 53.9 Å². The molecule has 1 amide bonds. The molecule has 0 unspecified atom stereocenters. The number of nitrogens with one attached hydrogen (secondary N) is 1. The average Bonchev–Trinajstić information content (AvgIpc) is 3.32. The topological polar surface area (TPSA) is 67.9 Å². The molecule has 0 spiro atoms. The Labute approximate surface area is 191 Å². The maximum atomic E-state index is 13.0. The van der Waals surface area contributed by atoms with Gasteiger partial charge in [0.05, 0.1) is 32.5 Å². The van der Waals surface area contributed by atoms with Gasteiger partial charge in [-0.15, -0.1) is 11.3 Å². The molecule has 1 atom stereocenters. The molecule has 7 heteroatoms. The van der Waals surface area contributed by atoms with E-state index in [4.69, 9.17) is 9.47 Å². The molecule has 1 aromatic heterocycles. The van der Waals surface area contributed by atoms with Gasteiger partial charge in [-0.1, -0.05) is 18.2 Å². The molecule has 2 aromatic carbocycles. The molecule has 0 aliphatic carbocycles. The zero-order chi connectivity index (χ0) is 22.7. The number of hydrogen-bond donors (Lipinski definition) is 1. The van der Waals surface area contributed by atoms with Crippen LogP contribution in [-0.4, -0.2) is 43.9 Å². The number of ether oxygens (including phenoxy) is 2. The zero-order valence-electron chi connectivity index (χ0n) is 18.4. The predicted octanol–water partition coefficient (Wildman–Crippen LogP) is 4.55. The first-order valence-electron chi connectivity index (χ1n) is 10.4. The van der Waals surface area contributed by atoms with Gasteiger partial charge in [-0.2, -0.15) is 0 Å². The number of nitrogens with zero attached hydrogens (tertiary/aromatic N) is 1. The number of Topliss-reactive ketones (excluding diaryl/α,β-unsaturated/α-hetero) is 1. The van der Waals surface area contributed by atoms with Crippen LogP contribution in [0.3, 0.4) is 0 Å². The van der Waals surface area contributed by atoms with Gasteiger partial charge in [0.15, 0.2) is 17.3 Å². The summed E-state index contributed by atoms with van der Waals surface area (Å²) in [5.41, 5.74) is 3.37. The molecular weight excluding hydrogens is 424 g/mol. The summed E-state index contributed by atoms with van der Waals surface area (Å²) in [5, 5.41) is 4.97. The number of carbonyl (C=O) groups excluding carboxylic acids is 2. The summed E-state index contributed by atoms with van der Waals surface area (Å²) in [6, 6.07) is 15.2. The number of methoxy groups -OCH3 is 2. The molecule has 0 fully saturated rings. The van der Waals surface area contributed by atoms with E-state index in [1.54, 1.807) is 43.8 Å². The van der Waals surface area contributed by atoms with Gasteiger partial charge in [0, 0.05) is 17.0 Å². The smallest absolute Gasteiger partial charge is 0.238 e. The van der Waals surface area contributed by atoms with Crippen LogP contribution in [0.5, 0.6) is 11.5 Å². The molecule has 4 rings (SSSR count). The van der Waals surface area contributed by atoms with Crippen molar-refractivity contribution in [2.24, 2.45) is 0 Å². The summed E-state index contributed by atoms with van der Waals surface area (Å²) >= 11 is 1.67. The Balaban J connectivity index is 1.63. The van der Waals surface area contributed by atoms with Gasteiger partial charge >= 0.3 is 0 Å². The van der Waals surface area contributed by atoms with Crippen LogP contribution in [0.1, 0.15) is 39.3 Å². The minimum absolute atomic E-state index is 0.0626. The van der Waals surface area contributed by atoms with Crippen LogP contribution in [0, 0.1) is 0 Å². The fraction of sp³-hybridized carbons (Fsp3) is 0.280. The molecule has 2 heterocycles. The van der Waals surface area contributed by atoms with E-state index >= 15 is 0 Å². The Morgan fingerprint density at radius 3 is 2.53 bits per heavy atom. The van der Waals surface area contributed by atoms with E-state index in [1.807, 2.05) is 29.6 Å². The molecule has 0 radical (unpaired) electrons. The molecule has 166 valence electrons. The van der Waals surface area contributed by atoms with Gasteiger partial charge in [0.2, 0.25) is 5.91 Å². The molecule has 0 saturated carbocycles. The van der Waals surface area contributed by atoms with Crippen LogP contribution in [0.2, 0.25) is 0 Å². The molecule has 6 nitrogen and oxygen atoms in total. The summed E-state index contributed by atoms with van der Waals surface area (Å²) in [4.78, 5) is 28.2. The summed E-state index contributed by atoms with van der Waals surface area (Å²) < 4.78 is 11.0. The monoisotopic (exact) mass is 450 g/mol. The minimum Gasteiger partial charge on any atom is -0.493 e. The van der Waals surface area contributed by atoms with Crippen LogP contribution in [0.25, 0.3) is 0 Å². The number of hydrogen-bond acceptors (Lipinski definition) is 6. The SMILES string of the molecule is COc1cc2c(cc1OC)[C@H](c1cccs1)N(CC(=O)Nc1ccccc1C(C)=O)CC2. The molecule has 0 saturated heterocycles. The third-order valence-corrected chi connectivity index (χ3v) is 6.64. The van der Waals surface area contributed by atoms with Crippen molar-refractivity contribution >= 4 is 28.7 Å². The van der Waals surface area contributed by atoms with Gasteiger partial charge in [-0.3, -0.25) is 14.5 Å². The van der Waals surface area contributed by atoms with Crippen molar-refractivity contribution < 1.29 is 19.1 Å². The number of ketones is 1. The van der Waals surface area contributed by atoms with Gasteiger partial charge < -0.3 is 14.8 Å². The van der Waals surface area contributed by atoms with Gasteiger partial charge in [-0.25, -0.2) is 0 Å². The van der Waals surface area contributed by atoms with E-state index in [9.17, 15) is 9.59 Å². The van der Waals surface area contributed by atoms with E-state index in [0.717, 1.165) is 23.4 Å². The number of carbonyl (C=O) groups is 2. The van der Waals surface area contributed by atoms with Gasteiger partial charge in [0.1, 0.15) is 0 Å². The molecule has 1 aliphatic rings. The number of amides is 1. The lowest BCUT2D eigenvalue weighted by atomic mass is 9.91. The first-order chi connectivity index (χ1) is 15.5. The lowest BCUT2D eigenvalue weighted by Crippen LogP contribution is -2.41. The number of anilines is 1. The van der Waals surface area contributed by atoms with Crippen molar-refractivity contribution in [2.75, 3.05) is 32.6 Å². The number of fused-ring (bicyclic) bond motifs is 1. The van der Waals surface area contributed by atoms with Crippen LogP contribution < -0.4 is 14.8 Å². The molecule has 32 heavy (non-hydrogen) atoms. The minimum atomic E-state index is -0.149. The molecule has 0 bridgehead atoms. The highest BCUT2D eigenvalue weighted by molar-refractivity contribution is 7.10. The molecule has 1 aliphatic heterocycles. The van der Waals surface area contributed by atoms with Crippen LogP contribution >= 0.6 is 11.3 Å². The standard InChI is InChI=1S/C25H26N2O4S/c1-16(28)18-7-4-5-8-20(18)26-24(29)15-27-11-10-17-13-21(30-2)22(31-3)14-19(17)25(27)23-9-6-12-32-23/h4-9,12-14,25H,10-11,15H2,1-3H3,(H,26,29)/t25-/m1/s1. The van der Waals surface area contributed by atoms with Gasteiger partial charge in [0.25, 0.3) is 0 Å². The van der Waals surface area contributed by atoms with Crippen LogP contribution in [-0.2, 0) is 11.2 Å². The second-order valence-corrected chi connectivity index (χ2v) is 8.67. The van der Waals surface area contributed by atoms with Crippen molar-refractivity contribution in [1.82, 2.24) is 4.90 Å². The largest absolute Gasteiger partial charge is 0.493 e. The second-order valence-electron chi connectivity index (χ2n) is 7.69. The van der Waals surface area contributed by atoms with Crippen molar-refractivity contribution in [3.63, 3.8) is 0 Å². The first-order valence-corrected chi connectivity index (χ1v) is 11.3. The first kappa shape index (κ1) is 22.0.